The van der Waals surface area contributed by atoms with Gasteiger partial charge in [-0.3, -0.25) is 4.99 Å². The standard InChI is InChI=1S/C20H33N3O4.HI/c1-15-11-17(24-4)18(25-5)12-16(15)13-23(3)19(21-2)22-14-20(26-6)7-9-27-10-8-20;/h11-12H,7-10,13-14H2,1-6H3,(H,21,22);1H. The van der Waals surface area contributed by atoms with Crippen LogP contribution in [0.2, 0.25) is 0 Å². The molecular formula is C20H34IN3O4. The van der Waals surface area contributed by atoms with Crippen LogP contribution in [0.3, 0.4) is 0 Å². The van der Waals surface area contributed by atoms with Gasteiger partial charge in [-0.25, -0.2) is 0 Å². The average Bonchev–Trinajstić information content (AvgIpc) is 2.70. The first-order chi connectivity index (χ1) is 13.0. The summed E-state index contributed by atoms with van der Waals surface area (Å²) in [6.45, 7) is 4.94. The second kappa shape index (κ2) is 11.7. The molecule has 1 saturated heterocycles. The number of nitrogens with one attached hydrogen (secondary N) is 1. The van der Waals surface area contributed by atoms with E-state index < -0.39 is 0 Å². The Kier molecular flexibility index (Phi) is 10.3. The summed E-state index contributed by atoms with van der Waals surface area (Å²) in [6.07, 6.45) is 1.76. The van der Waals surface area contributed by atoms with Crippen LogP contribution in [-0.2, 0) is 16.0 Å². The molecule has 8 heteroatoms. The molecule has 1 N–H and O–H groups in total. The predicted octanol–water partition coefficient (Wildman–Crippen LogP) is 2.83. The van der Waals surface area contributed by atoms with E-state index in [1.807, 2.05) is 19.2 Å². The van der Waals surface area contributed by atoms with Crippen molar-refractivity contribution in [2.45, 2.75) is 31.9 Å². The van der Waals surface area contributed by atoms with Crippen LogP contribution in [-0.4, -0.2) is 71.6 Å². The maximum absolute atomic E-state index is 5.80. The summed E-state index contributed by atoms with van der Waals surface area (Å²) in [5.41, 5.74) is 2.10. The topological polar surface area (TPSA) is 64.6 Å². The van der Waals surface area contributed by atoms with Gasteiger partial charge in [-0.15, -0.1) is 24.0 Å². The monoisotopic (exact) mass is 507 g/mol. The number of benzene rings is 1. The first-order valence-corrected chi connectivity index (χ1v) is 9.24. The number of aliphatic imine (C=N–C) groups is 1. The Morgan fingerprint density at radius 3 is 2.32 bits per heavy atom. The second-order valence-electron chi connectivity index (χ2n) is 6.89. The molecule has 0 aliphatic carbocycles. The number of halogens is 1. The van der Waals surface area contributed by atoms with Gasteiger partial charge in [0.25, 0.3) is 0 Å². The third-order valence-corrected chi connectivity index (χ3v) is 5.23. The molecule has 1 aromatic rings. The summed E-state index contributed by atoms with van der Waals surface area (Å²) in [5, 5.41) is 3.46. The van der Waals surface area contributed by atoms with Gasteiger partial charge in [0.05, 0.1) is 19.8 Å². The number of ether oxygens (including phenoxy) is 4. The van der Waals surface area contributed by atoms with Gasteiger partial charge < -0.3 is 29.2 Å². The lowest BCUT2D eigenvalue weighted by Crippen LogP contribution is -2.51. The second-order valence-corrected chi connectivity index (χ2v) is 6.89. The Morgan fingerprint density at radius 2 is 1.79 bits per heavy atom. The number of hydrogen-bond donors (Lipinski definition) is 1. The molecule has 0 radical (unpaired) electrons. The summed E-state index contributed by atoms with van der Waals surface area (Å²) in [7, 11) is 8.89. The fraction of sp³-hybridized carbons (Fsp3) is 0.650. The van der Waals surface area contributed by atoms with Crippen LogP contribution in [0, 0.1) is 6.92 Å². The maximum atomic E-state index is 5.80. The Bertz CT molecular complexity index is 649. The van der Waals surface area contributed by atoms with Crippen LogP contribution in [0.15, 0.2) is 17.1 Å². The van der Waals surface area contributed by atoms with E-state index in [-0.39, 0.29) is 29.6 Å². The van der Waals surface area contributed by atoms with Crippen molar-refractivity contribution < 1.29 is 18.9 Å². The lowest BCUT2D eigenvalue weighted by Gasteiger charge is -2.37. The average molecular weight is 507 g/mol. The van der Waals surface area contributed by atoms with E-state index in [1.54, 1.807) is 28.4 Å². The van der Waals surface area contributed by atoms with Crippen molar-refractivity contribution >= 4 is 29.9 Å². The smallest absolute Gasteiger partial charge is 0.193 e. The van der Waals surface area contributed by atoms with E-state index in [1.165, 1.54) is 0 Å². The number of hydrogen-bond acceptors (Lipinski definition) is 5. The largest absolute Gasteiger partial charge is 0.493 e. The predicted molar refractivity (Wildman–Crippen MR) is 122 cm³/mol. The van der Waals surface area contributed by atoms with E-state index in [4.69, 9.17) is 18.9 Å². The lowest BCUT2D eigenvalue weighted by molar-refractivity contribution is -0.0857. The zero-order chi connectivity index (χ0) is 19.9. The minimum absolute atomic E-state index is 0. The van der Waals surface area contributed by atoms with E-state index in [9.17, 15) is 0 Å². The highest BCUT2D eigenvalue weighted by molar-refractivity contribution is 14.0. The summed E-state index contributed by atoms with van der Waals surface area (Å²) in [5.74, 6) is 2.30. The lowest BCUT2D eigenvalue weighted by atomic mass is 9.94. The van der Waals surface area contributed by atoms with Gasteiger partial charge >= 0.3 is 0 Å². The van der Waals surface area contributed by atoms with Gasteiger partial charge in [0.2, 0.25) is 0 Å². The Labute approximate surface area is 185 Å². The van der Waals surface area contributed by atoms with Gasteiger partial charge in [-0.05, 0) is 30.2 Å². The minimum atomic E-state index is -0.200. The van der Waals surface area contributed by atoms with Gasteiger partial charge in [-0.1, -0.05) is 0 Å². The summed E-state index contributed by atoms with van der Waals surface area (Å²) >= 11 is 0. The fourth-order valence-electron chi connectivity index (χ4n) is 3.34. The molecule has 7 nitrogen and oxygen atoms in total. The Hall–Kier alpha value is -1.26. The van der Waals surface area contributed by atoms with Crippen molar-refractivity contribution in [3.05, 3.63) is 23.3 Å². The van der Waals surface area contributed by atoms with E-state index in [0.29, 0.717) is 13.1 Å². The van der Waals surface area contributed by atoms with E-state index >= 15 is 0 Å². The van der Waals surface area contributed by atoms with Gasteiger partial charge in [0.15, 0.2) is 17.5 Å². The molecule has 1 aliphatic heterocycles. The van der Waals surface area contributed by atoms with Crippen LogP contribution in [0.25, 0.3) is 0 Å². The molecule has 28 heavy (non-hydrogen) atoms. The molecule has 0 bridgehead atoms. The molecule has 0 aromatic heterocycles. The number of rotatable bonds is 7. The number of guanidine groups is 1. The first-order valence-electron chi connectivity index (χ1n) is 9.24. The van der Waals surface area contributed by atoms with Crippen LogP contribution in [0.4, 0.5) is 0 Å². The molecule has 1 fully saturated rings. The highest BCUT2D eigenvalue weighted by Crippen LogP contribution is 2.30. The molecule has 1 aromatic carbocycles. The molecule has 1 heterocycles. The first kappa shape index (κ1) is 24.8. The molecule has 0 spiro atoms. The maximum Gasteiger partial charge on any atom is 0.193 e. The molecule has 0 amide bonds. The van der Waals surface area contributed by atoms with E-state index in [0.717, 1.165) is 54.6 Å². The van der Waals surface area contributed by atoms with Crippen LogP contribution < -0.4 is 14.8 Å². The summed E-state index contributed by atoms with van der Waals surface area (Å²) < 4.78 is 22.1. The zero-order valence-corrected chi connectivity index (χ0v) is 20.2. The fourth-order valence-corrected chi connectivity index (χ4v) is 3.34. The third kappa shape index (κ3) is 6.12. The summed E-state index contributed by atoms with van der Waals surface area (Å²) in [4.78, 5) is 6.52. The Balaban J connectivity index is 0.00000392. The van der Waals surface area contributed by atoms with Crippen LogP contribution in [0.1, 0.15) is 24.0 Å². The molecular weight excluding hydrogens is 473 g/mol. The van der Waals surface area contributed by atoms with Crippen molar-refractivity contribution in [2.24, 2.45) is 4.99 Å². The highest BCUT2D eigenvalue weighted by atomic mass is 127. The van der Waals surface area contributed by atoms with Crippen molar-refractivity contribution in [3.8, 4) is 11.5 Å². The van der Waals surface area contributed by atoms with Crippen molar-refractivity contribution in [1.29, 1.82) is 0 Å². The van der Waals surface area contributed by atoms with Gasteiger partial charge in [-0.2, -0.15) is 0 Å². The van der Waals surface area contributed by atoms with Crippen molar-refractivity contribution in [2.75, 3.05) is 55.2 Å². The van der Waals surface area contributed by atoms with Gasteiger partial charge in [0, 0.05) is 60.4 Å². The van der Waals surface area contributed by atoms with Crippen LogP contribution in [0.5, 0.6) is 11.5 Å². The Morgan fingerprint density at radius 1 is 1.18 bits per heavy atom. The number of nitrogens with zero attached hydrogens (tertiary/aromatic N) is 2. The third-order valence-electron chi connectivity index (χ3n) is 5.23. The minimum Gasteiger partial charge on any atom is -0.493 e. The molecule has 160 valence electrons. The molecule has 1 aliphatic rings. The normalized spacial score (nSPS) is 16.1. The highest BCUT2D eigenvalue weighted by Gasteiger charge is 2.32. The SMILES string of the molecule is CN=C(NCC1(OC)CCOCC1)N(C)Cc1cc(OC)c(OC)cc1C.I. The molecule has 0 unspecified atom stereocenters. The van der Waals surface area contributed by atoms with Gasteiger partial charge in [0.1, 0.15) is 0 Å². The summed E-state index contributed by atoms with van der Waals surface area (Å²) in [6, 6.07) is 4.02. The molecule has 2 rings (SSSR count). The van der Waals surface area contributed by atoms with Crippen molar-refractivity contribution in [3.63, 3.8) is 0 Å². The molecule has 0 saturated carbocycles. The van der Waals surface area contributed by atoms with Crippen LogP contribution >= 0.6 is 24.0 Å². The van der Waals surface area contributed by atoms with E-state index in [2.05, 4.69) is 22.1 Å². The quantitative estimate of drug-likeness (QED) is 0.348. The van der Waals surface area contributed by atoms with Crippen molar-refractivity contribution in [1.82, 2.24) is 10.2 Å². The number of aryl methyl sites for hydroxylation is 1. The number of methoxy groups -OCH3 is 3. The molecule has 0 atom stereocenters. The zero-order valence-electron chi connectivity index (χ0n) is 17.8.